The molecule has 2 aliphatic rings. The van der Waals surface area contributed by atoms with E-state index in [4.69, 9.17) is 16.3 Å². The number of likely N-dealkylation sites (tertiary alicyclic amines) is 1. The Labute approximate surface area is 194 Å². The lowest BCUT2D eigenvalue weighted by molar-refractivity contribution is -0.120. The number of likely N-dealkylation sites (N-methyl/N-ethyl adjacent to an activating group) is 1. The summed E-state index contributed by atoms with van der Waals surface area (Å²) in [6, 6.07) is 14.6. The van der Waals surface area contributed by atoms with E-state index in [1.165, 1.54) is 4.90 Å². The number of halogens is 1. The Bertz CT molecular complexity index is 960. The summed E-state index contributed by atoms with van der Waals surface area (Å²) in [7, 11) is 3.47. The van der Waals surface area contributed by atoms with Gasteiger partial charge in [-0.25, -0.2) is 9.69 Å². The summed E-state index contributed by atoms with van der Waals surface area (Å²) in [5.74, 6) is 1.27. The van der Waals surface area contributed by atoms with Gasteiger partial charge in [0.2, 0.25) is 5.91 Å². The van der Waals surface area contributed by atoms with Gasteiger partial charge in [0, 0.05) is 25.0 Å². The second-order valence-corrected chi connectivity index (χ2v) is 9.13. The molecular formula is C25H30ClN3O3. The second-order valence-electron chi connectivity index (χ2n) is 8.72. The molecule has 0 spiro atoms. The van der Waals surface area contributed by atoms with Crippen molar-refractivity contribution < 1.29 is 14.3 Å². The molecule has 1 atom stereocenters. The van der Waals surface area contributed by atoms with Gasteiger partial charge in [0.05, 0.1) is 18.8 Å². The maximum absolute atomic E-state index is 12.9. The summed E-state index contributed by atoms with van der Waals surface area (Å²) in [6.07, 6.45) is 3.43. The molecular weight excluding hydrogens is 426 g/mol. The van der Waals surface area contributed by atoms with Crippen molar-refractivity contribution in [3.63, 3.8) is 0 Å². The van der Waals surface area contributed by atoms with Crippen LogP contribution < -0.4 is 9.64 Å². The zero-order chi connectivity index (χ0) is 22.7. The van der Waals surface area contributed by atoms with E-state index in [1.54, 1.807) is 31.2 Å². The molecule has 0 N–H and O–H groups in total. The first-order valence-corrected chi connectivity index (χ1v) is 11.5. The smallest absolute Gasteiger partial charge is 0.331 e. The maximum Gasteiger partial charge on any atom is 0.331 e. The highest BCUT2D eigenvalue weighted by atomic mass is 35.5. The van der Waals surface area contributed by atoms with Crippen molar-refractivity contribution in [2.75, 3.05) is 38.7 Å². The number of hydrogen-bond donors (Lipinski definition) is 0. The average molecular weight is 456 g/mol. The molecule has 32 heavy (non-hydrogen) atoms. The lowest BCUT2D eigenvalue weighted by atomic mass is 9.89. The third-order valence-electron chi connectivity index (χ3n) is 6.65. The molecule has 2 heterocycles. The molecule has 0 saturated carbocycles. The number of anilines is 1. The number of nitrogens with zero attached hydrogens (tertiary/aromatic N) is 3. The summed E-state index contributed by atoms with van der Waals surface area (Å²) in [5, 5.41) is 0.789. The zero-order valence-corrected chi connectivity index (χ0v) is 19.4. The van der Waals surface area contributed by atoms with Crippen LogP contribution in [-0.2, 0) is 11.2 Å². The van der Waals surface area contributed by atoms with Crippen molar-refractivity contribution in [2.24, 2.45) is 5.92 Å². The minimum atomic E-state index is -0.250. The number of benzene rings is 2. The highest BCUT2D eigenvalue weighted by molar-refractivity contribution is 6.31. The van der Waals surface area contributed by atoms with Crippen LogP contribution in [0.25, 0.3) is 0 Å². The second kappa shape index (κ2) is 9.92. The van der Waals surface area contributed by atoms with Crippen molar-refractivity contribution in [3.05, 3.63) is 59.1 Å². The van der Waals surface area contributed by atoms with E-state index in [-0.39, 0.29) is 18.0 Å². The summed E-state index contributed by atoms with van der Waals surface area (Å²) >= 11 is 6.39. The molecule has 3 amide bonds. The first-order valence-electron chi connectivity index (χ1n) is 11.2. The number of rotatable bonds is 6. The predicted molar refractivity (Wildman–Crippen MR) is 126 cm³/mol. The number of urea groups is 1. The van der Waals surface area contributed by atoms with E-state index in [2.05, 4.69) is 4.90 Å². The van der Waals surface area contributed by atoms with Crippen LogP contribution in [0.5, 0.6) is 5.75 Å². The Hall–Kier alpha value is -2.57. The molecule has 2 aromatic rings. The Morgan fingerprint density at radius 3 is 2.47 bits per heavy atom. The van der Waals surface area contributed by atoms with Gasteiger partial charge in [-0.2, -0.15) is 0 Å². The molecule has 2 aliphatic heterocycles. The number of methoxy groups -OCH3 is 1. The Kier molecular flexibility index (Phi) is 7.01. The summed E-state index contributed by atoms with van der Waals surface area (Å²) in [5.41, 5.74) is 1.76. The normalized spacial score (nSPS) is 20.7. The monoisotopic (exact) mass is 455 g/mol. The third-order valence-corrected chi connectivity index (χ3v) is 7.02. The number of ether oxygens (including phenoxy) is 1. The van der Waals surface area contributed by atoms with Crippen molar-refractivity contribution in [3.8, 4) is 5.75 Å². The summed E-state index contributed by atoms with van der Waals surface area (Å²) < 4.78 is 5.33. The lowest BCUT2D eigenvalue weighted by Crippen LogP contribution is -2.58. The molecule has 4 rings (SSSR count). The maximum atomic E-state index is 12.9. The quantitative estimate of drug-likeness (QED) is 0.645. The molecule has 7 heteroatoms. The van der Waals surface area contributed by atoms with Crippen LogP contribution in [0.3, 0.4) is 0 Å². The fraction of sp³-hybridized carbons (Fsp3) is 0.440. The van der Waals surface area contributed by atoms with Gasteiger partial charge in [-0.1, -0.05) is 29.8 Å². The molecule has 0 aromatic heterocycles. The number of piperidine rings is 1. The van der Waals surface area contributed by atoms with Crippen molar-refractivity contribution in [2.45, 2.75) is 31.7 Å². The van der Waals surface area contributed by atoms with Gasteiger partial charge >= 0.3 is 6.03 Å². The topological polar surface area (TPSA) is 53.1 Å². The van der Waals surface area contributed by atoms with Crippen LogP contribution in [0.4, 0.5) is 10.5 Å². The predicted octanol–water partition coefficient (Wildman–Crippen LogP) is 4.46. The van der Waals surface area contributed by atoms with Crippen LogP contribution in [0.1, 0.15) is 24.8 Å². The van der Waals surface area contributed by atoms with Gasteiger partial charge in [-0.3, -0.25) is 4.79 Å². The van der Waals surface area contributed by atoms with E-state index < -0.39 is 0 Å². The molecule has 0 radical (unpaired) electrons. The first kappa shape index (κ1) is 22.6. The molecule has 170 valence electrons. The minimum Gasteiger partial charge on any atom is -0.497 e. The molecule has 6 nitrogen and oxygen atoms in total. The highest BCUT2D eigenvalue weighted by Crippen LogP contribution is 2.29. The van der Waals surface area contributed by atoms with Crippen LogP contribution in [0.15, 0.2) is 48.5 Å². The standard InChI is InChI=1S/C25H30ClN3O3/c1-27-21(16-24(30)29(25(27)31)20-6-4-3-5-7-20)17-28-12-10-18(11-13-28)14-19-15-22(32-2)8-9-23(19)26/h3-9,15,18,21H,10-14,16-17H2,1-2H3. The van der Waals surface area contributed by atoms with E-state index in [0.717, 1.165) is 55.2 Å². The first-order chi connectivity index (χ1) is 15.5. The molecule has 1 unspecified atom stereocenters. The van der Waals surface area contributed by atoms with E-state index in [0.29, 0.717) is 18.0 Å². The molecule has 0 bridgehead atoms. The number of imide groups is 1. The van der Waals surface area contributed by atoms with Gasteiger partial charge in [-0.15, -0.1) is 0 Å². The number of para-hydroxylation sites is 1. The van der Waals surface area contributed by atoms with Gasteiger partial charge in [0.15, 0.2) is 0 Å². The molecule has 2 aromatic carbocycles. The van der Waals surface area contributed by atoms with Crippen molar-refractivity contribution in [1.29, 1.82) is 0 Å². The Balaban J connectivity index is 1.32. The van der Waals surface area contributed by atoms with Crippen LogP contribution in [0, 0.1) is 5.92 Å². The van der Waals surface area contributed by atoms with E-state index in [9.17, 15) is 9.59 Å². The minimum absolute atomic E-state index is 0.0978. The van der Waals surface area contributed by atoms with Gasteiger partial charge in [-0.05, 0) is 74.2 Å². The van der Waals surface area contributed by atoms with Crippen LogP contribution in [-0.4, -0.2) is 61.6 Å². The van der Waals surface area contributed by atoms with Crippen molar-refractivity contribution in [1.82, 2.24) is 9.80 Å². The summed E-state index contributed by atoms with van der Waals surface area (Å²) in [6.45, 7) is 2.64. The molecule has 2 saturated heterocycles. The fourth-order valence-electron chi connectivity index (χ4n) is 4.69. The van der Waals surface area contributed by atoms with Gasteiger partial charge in [0.1, 0.15) is 5.75 Å². The van der Waals surface area contributed by atoms with Crippen LogP contribution in [0.2, 0.25) is 5.02 Å². The zero-order valence-electron chi connectivity index (χ0n) is 18.7. The fourth-order valence-corrected chi connectivity index (χ4v) is 4.88. The molecule has 2 fully saturated rings. The average Bonchev–Trinajstić information content (AvgIpc) is 2.81. The van der Waals surface area contributed by atoms with E-state index in [1.807, 2.05) is 36.4 Å². The SMILES string of the molecule is COc1ccc(Cl)c(CC2CCN(CC3CC(=O)N(c4ccccc4)C(=O)N3C)CC2)c1. The van der Waals surface area contributed by atoms with Crippen LogP contribution >= 0.6 is 11.6 Å². The summed E-state index contributed by atoms with van der Waals surface area (Å²) in [4.78, 5) is 31.1. The third kappa shape index (κ3) is 4.92. The number of hydrogen-bond acceptors (Lipinski definition) is 4. The number of carbonyl (C=O) groups excluding carboxylic acids is 2. The van der Waals surface area contributed by atoms with Crippen molar-refractivity contribution >= 4 is 29.2 Å². The Morgan fingerprint density at radius 1 is 1.06 bits per heavy atom. The Morgan fingerprint density at radius 2 is 1.78 bits per heavy atom. The number of carbonyl (C=O) groups is 2. The number of amides is 3. The largest absolute Gasteiger partial charge is 0.497 e. The highest BCUT2D eigenvalue weighted by Gasteiger charge is 2.38. The van der Waals surface area contributed by atoms with Gasteiger partial charge < -0.3 is 14.5 Å². The molecule has 0 aliphatic carbocycles. The lowest BCUT2D eigenvalue weighted by Gasteiger charge is -2.41. The van der Waals surface area contributed by atoms with Gasteiger partial charge in [0.25, 0.3) is 0 Å². The van der Waals surface area contributed by atoms with E-state index >= 15 is 0 Å².